The van der Waals surface area contributed by atoms with E-state index in [0.29, 0.717) is 12.5 Å². The van der Waals surface area contributed by atoms with Gasteiger partial charge in [0.2, 0.25) is 0 Å². The summed E-state index contributed by atoms with van der Waals surface area (Å²) in [6.45, 7) is 7.13. The van der Waals surface area contributed by atoms with E-state index in [-0.39, 0.29) is 11.6 Å². The van der Waals surface area contributed by atoms with Gasteiger partial charge in [0, 0.05) is 19.0 Å². The predicted molar refractivity (Wildman–Crippen MR) is 81.0 cm³/mol. The van der Waals surface area contributed by atoms with Gasteiger partial charge in [0.1, 0.15) is 0 Å². The Kier molecular flexibility index (Phi) is 5.13. The van der Waals surface area contributed by atoms with Crippen molar-refractivity contribution in [2.24, 2.45) is 11.8 Å². The summed E-state index contributed by atoms with van der Waals surface area (Å²) in [5.74, 6) is 6.56. The number of hydrogen-bond acceptors (Lipinski definition) is 4. The van der Waals surface area contributed by atoms with Gasteiger partial charge in [-0.15, -0.1) is 0 Å². The molecule has 0 radical (unpaired) electrons. The van der Waals surface area contributed by atoms with E-state index in [1.807, 2.05) is 12.4 Å². The lowest BCUT2D eigenvalue weighted by molar-refractivity contribution is -0.102. The topological polar surface area (TPSA) is 60.2 Å². The quantitative estimate of drug-likeness (QED) is 0.642. The number of rotatable bonds is 5. The highest BCUT2D eigenvalue weighted by atomic mass is 16.5. The van der Waals surface area contributed by atoms with Crippen molar-refractivity contribution in [3.05, 3.63) is 29.6 Å². The predicted octanol–water partition coefficient (Wildman–Crippen LogP) is 2.88. The number of aryl methyl sites for hydroxylation is 1. The normalized spacial score (nSPS) is 28.3. The molecule has 0 amide bonds. The van der Waals surface area contributed by atoms with E-state index in [1.54, 1.807) is 0 Å². The average Bonchev–Trinajstić information content (AvgIpc) is 2.39. The van der Waals surface area contributed by atoms with Gasteiger partial charge in [0.15, 0.2) is 0 Å². The van der Waals surface area contributed by atoms with Gasteiger partial charge < -0.3 is 4.74 Å². The van der Waals surface area contributed by atoms with Crippen LogP contribution in [0, 0.1) is 12.8 Å². The van der Waals surface area contributed by atoms with Gasteiger partial charge in [-0.05, 0) is 43.7 Å². The van der Waals surface area contributed by atoms with E-state index >= 15 is 0 Å². The molecule has 2 rings (SSSR count). The van der Waals surface area contributed by atoms with Crippen LogP contribution in [0.1, 0.15) is 56.7 Å². The van der Waals surface area contributed by atoms with Gasteiger partial charge in [-0.25, -0.2) is 0 Å². The minimum absolute atomic E-state index is 0.00222. The standard InChI is InChI=1S/C16H27N3O/c1-4-20-16(7-5-6-12(2)9-16)15(19-17)14-8-13(3)10-18-11-14/h8,10-12,15,19H,4-7,9,17H2,1-3H3. The van der Waals surface area contributed by atoms with Crippen molar-refractivity contribution in [3.8, 4) is 0 Å². The van der Waals surface area contributed by atoms with Crippen molar-refractivity contribution < 1.29 is 4.74 Å². The molecule has 0 aliphatic heterocycles. The van der Waals surface area contributed by atoms with Crippen LogP contribution in [0.2, 0.25) is 0 Å². The maximum atomic E-state index is 6.22. The molecular weight excluding hydrogens is 250 g/mol. The van der Waals surface area contributed by atoms with Crippen molar-refractivity contribution in [1.29, 1.82) is 0 Å². The molecule has 1 aliphatic rings. The summed E-state index contributed by atoms with van der Waals surface area (Å²) >= 11 is 0. The van der Waals surface area contributed by atoms with Crippen LogP contribution in [0.4, 0.5) is 0 Å². The molecule has 3 atom stereocenters. The summed E-state index contributed by atoms with van der Waals surface area (Å²) in [6, 6.07) is 2.15. The van der Waals surface area contributed by atoms with E-state index < -0.39 is 0 Å². The first-order valence-electron chi connectivity index (χ1n) is 7.63. The minimum atomic E-state index is -0.212. The summed E-state index contributed by atoms with van der Waals surface area (Å²) in [4.78, 5) is 4.31. The smallest absolute Gasteiger partial charge is 0.0892 e. The highest BCUT2D eigenvalue weighted by Crippen LogP contribution is 2.43. The van der Waals surface area contributed by atoms with Gasteiger partial charge in [0.05, 0.1) is 11.6 Å². The average molecular weight is 277 g/mol. The fourth-order valence-corrected chi connectivity index (χ4v) is 3.60. The third-order valence-corrected chi connectivity index (χ3v) is 4.34. The number of hydrogen-bond donors (Lipinski definition) is 2. The van der Waals surface area contributed by atoms with Crippen LogP contribution < -0.4 is 11.3 Å². The number of nitrogens with one attached hydrogen (secondary N) is 1. The van der Waals surface area contributed by atoms with E-state index in [4.69, 9.17) is 10.6 Å². The van der Waals surface area contributed by atoms with Crippen LogP contribution in [0.15, 0.2) is 18.5 Å². The molecule has 3 N–H and O–H groups in total. The summed E-state index contributed by atoms with van der Waals surface area (Å²) in [6.07, 6.45) is 8.33. The first kappa shape index (κ1) is 15.4. The van der Waals surface area contributed by atoms with Gasteiger partial charge in [-0.2, -0.15) is 0 Å². The maximum absolute atomic E-state index is 6.22. The Bertz CT molecular complexity index is 433. The van der Waals surface area contributed by atoms with Gasteiger partial charge in [-0.3, -0.25) is 16.3 Å². The van der Waals surface area contributed by atoms with Gasteiger partial charge in [-0.1, -0.05) is 25.8 Å². The van der Waals surface area contributed by atoms with Crippen LogP contribution in [0.3, 0.4) is 0 Å². The number of nitrogens with two attached hydrogens (primary N) is 1. The van der Waals surface area contributed by atoms with Crippen LogP contribution in [0.5, 0.6) is 0 Å². The molecule has 1 aliphatic carbocycles. The fourth-order valence-electron chi connectivity index (χ4n) is 3.60. The highest BCUT2D eigenvalue weighted by molar-refractivity contribution is 5.23. The number of aromatic nitrogens is 1. The second kappa shape index (κ2) is 6.66. The molecule has 0 bridgehead atoms. The zero-order valence-corrected chi connectivity index (χ0v) is 12.9. The van der Waals surface area contributed by atoms with Crippen molar-refractivity contribution in [3.63, 3.8) is 0 Å². The first-order valence-corrected chi connectivity index (χ1v) is 7.63. The van der Waals surface area contributed by atoms with Crippen molar-refractivity contribution in [2.75, 3.05) is 6.61 Å². The Hall–Kier alpha value is -0.970. The largest absolute Gasteiger partial charge is 0.373 e. The van der Waals surface area contributed by atoms with Crippen LogP contribution in [-0.2, 0) is 4.74 Å². The third-order valence-electron chi connectivity index (χ3n) is 4.34. The fraction of sp³-hybridized carbons (Fsp3) is 0.688. The lowest BCUT2D eigenvalue weighted by atomic mass is 9.73. The molecule has 0 saturated heterocycles. The Morgan fingerprint density at radius 3 is 2.95 bits per heavy atom. The molecule has 1 heterocycles. The van der Waals surface area contributed by atoms with E-state index in [9.17, 15) is 0 Å². The zero-order valence-electron chi connectivity index (χ0n) is 12.9. The van der Waals surface area contributed by atoms with Gasteiger partial charge in [0.25, 0.3) is 0 Å². The van der Waals surface area contributed by atoms with E-state index in [0.717, 1.165) is 24.0 Å². The first-order chi connectivity index (χ1) is 9.61. The molecule has 1 aromatic heterocycles. The maximum Gasteiger partial charge on any atom is 0.0892 e. The molecule has 20 heavy (non-hydrogen) atoms. The van der Waals surface area contributed by atoms with Crippen molar-refractivity contribution in [2.45, 2.75) is 58.1 Å². The van der Waals surface area contributed by atoms with E-state index in [2.05, 4.69) is 37.2 Å². The summed E-state index contributed by atoms with van der Waals surface area (Å²) in [5.41, 5.74) is 5.06. The summed E-state index contributed by atoms with van der Waals surface area (Å²) < 4.78 is 6.22. The number of nitrogens with zero attached hydrogens (tertiary/aromatic N) is 1. The molecule has 1 fully saturated rings. The molecule has 0 spiro atoms. The zero-order chi connectivity index (χ0) is 14.6. The summed E-state index contributed by atoms with van der Waals surface area (Å²) in [7, 11) is 0. The molecule has 0 aromatic carbocycles. The number of ether oxygens (including phenoxy) is 1. The Labute approximate surface area is 122 Å². The SMILES string of the molecule is CCOC1(C(NN)c2cncc(C)c2)CCCC(C)C1. The number of hydrazine groups is 1. The third kappa shape index (κ3) is 3.19. The molecule has 4 heteroatoms. The molecule has 1 saturated carbocycles. The lowest BCUT2D eigenvalue weighted by Gasteiger charge is -2.45. The van der Waals surface area contributed by atoms with Crippen LogP contribution in [0.25, 0.3) is 0 Å². The second-order valence-corrected chi connectivity index (χ2v) is 6.09. The van der Waals surface area contributed by atoms with E-state index in [1.165, 1.54) is 12.8 Å². The lowest BCUT2D eigenvalue weighted by Crippen LogP contribution is -2.51. The summed E-state index contributed by atoms with van der Waals surface area (Å²) in [5, 5.41) is 0. The molecule has 112 valence electrons. The Balaban J connectivity index is 2.34. The van der Waals surface area contributed by atoms with Gasteiger partial charge >= 0.3 is 0 Å². The monoisotopic (exact) mass is 277 g/mol. The van der Waals surface area contributed by atoms with Crippen molar-refractivity contribution >= 4 is 0 Å². The molecular formula is C16H27N3O. The highest BCUT2D eigenvalue weighted by Gasteiger charge is 2.43. The molecule has 4 nitrogen and oxygen atoms in total. The molecule has 3 unspecified atom stereocenters. The van der Waals surface area contributed by atoms with Crippen LogP contribution >= 0.6 is 0 Å². The Morgan fingerprint density at radius 2 is 2.35 bits per heavy atom. The number of pyridine rings is 1. The van der Waals surface area contributed by atoms with Crippen molar-refractivity contribution in [1.82, 2.24) is 10.4 Å². The Morgan fingerprint density at radius 1 is 1.55 bits per heavy atom. The minimum Gasteiger partial charge on any atom is -0.373 e. The van der Waals surface area contributed by atoms with Crippen LogP contribution in [-0.4, -0.2) is 17.2 Å². The second-order valence-electron chi connectivity index (χ2n) is 6.09. The molecule has 1 aromatic rings.